The highest BCUT2D eigenvalue weighted by atomic mass is 35.5. The molecule has 5 rings (SSSR count). The van der Waals surface area contributed by atoms with E-state index in [1.165, 1.54) is 57.6 Å². The van der Waals surface area contributed by atoms with Gasteiger partial charge in [0.15, 0.2) is 12.9 Å². The summed E-state index contributed by atoms with van der Waals surface area (Å²) in [6.45, 7) is 4.24. The number of aryl methyl sites for hydroxylation is 1. The van der Waals surface area contributed by atoms with E-state index < -0.39 is 11.8 Å². The van der Waals surface area contributed by atoms with Crippen LogP contribution in [0.15, 0.2) is 30.5 Å². The van der Waals surface area contributed by atoms with Crippen molar-refractivity contribution in [1.82, 2.24) is 15.0 Å². The molecule has 1 aromatic carbocycles. The number of hydrogen-bond donors (Lipinski definition) is 3. The first-order chi connectivity index (χ1) is 16.7. The Morgan fingerprint density at radius 2 is 1.86 bits per heavy atom. The van der Waals surface area contributed by atoms with Crippen LogP contribution in [0.4, 0.5) is 26.4 Å². The SMILES string of the molecule is Cc1nc2nc(NC34BC(C)(CCCC3)CCC4)cnc2cc1NC(=O)Nc1ccc(F)c(Cl)c1. The summed E-state index contributed by atoms with van der Waals surface area (Å²) in [4.78, 5) is 26.4. The Bertz CT molecular complexity index is 1290. The molecule has 3 aromatic rings. The number of benzene rings is 1. The average molecular weight is 495 g/mol. The van der Waals surface area contributed by atoms with E-state index in [0.29, 0.717) is 33.5 Å². The maximum absolute atomic E-state index is 13.4. The number of carbonyl (C=O) groups excluding carboxylic acids is 1. The van der Waals surface area contributed by atoms with E-state index in [4.69, 9.17) is 16.6 Å². The second-order valence-corrected chi connectivity index (χ2v) is 10.8. The minimum Gasteiger partial charge on any atom is -0.371 e. The second-order valence-electron chi connectivity index (χ2n) is 10.4. The van der Waals surface area contributed by atoms with Gasteiger partial charge in [-0.1, -0.05) is 55.9 Å². The molecular weight excluding hydrogens is 466 g/mol. The molecule has 2 atom stereocenters. The molecule has 2 aromatic heterocycles. The summed E-state index contributed by atoms with van der Waals surface area (Å²) in [7, 11) is 1.17. The predicted molar refractivity (Wildman–Crippen MR) is 140 cm³/mol. The van der Waals surface area contributed by atoms with Gasteiger partial charge in [-0.3, -0.25) is 0 Å². The van der Waals surface area contributed by atoms with Crippen molar-refractivity contribution in [2.45, 2.75) is 69.5 Å². The number of amides is 2. The third-order valence-corrected chi connectivity index (χ3v) is 7.72. The molecule has 2 aliphatic rings. The molecule has 35 heavy (non-hydrogen) atoms. The van der Waals surface area contributed by atoms with Crippen molar-refractivity contribution in [3.63, 3.8) is 0 Å². The molecule has 2 unspecified atom stereocenters. The van der Waals surface area contributed by atoms with E-state index >= 15 is 0 Å². The number of halogens is 2. The molecule has 2 aliphatic heterocycles. The fraction of sp³-hybridized carbons (Fsp3) is 0.440. The zero-order chi connectivity index (χ0) is 24.6. The molecule has 2 bridgehead atoms. The summed E-state index contributed by atoms with van der Waals surface area (Å²) in [5.74, 6) is 0.206. The summed E-state index contributed by atoms with van der Waals surface area (Å²) in [5, 5.41) is 9.51. The van der Waals surface area contributed by atoms with Crippen molar-refractivity contribution >= 4 is 53.3 Å². The zero-order valence-electron chi connectivity index (χ0n) is 20.0. The van der Waals surface area contributed by atoms with Crippen molar-refractivity contribution in [3.8, 4) is 0 Å². The number of rotatable bonds is 4. The lowest BCUT2D eigenvalue weighted by atomic mass is 9.37. The van der Waals surface area contributed by atoms with Crippen LogP contribution in [0.1, 0.15) is 57.6 Å². The largest absolute Gasteiger partial charge is 0.371 e. The van der Waals surface area contributed by atoms with Crippen LogP contribution in [0.2, 0.25) is 10.3 Å². The van der Waals surface area contributed by atoms with E-state index in [9.17, 15) is 9.18 Å². The molecule has 3 N–H and O–H groups in total. The van der Waals surface area contributed by atoms with Crippen LogP contribution in [-0.2, 0) is 0 Å². The fourth-order valence-corrected chi connectivity index (χ4v) is 5.99. The highest BCUT2D eigenvalue weighted by Gasteiger charge is 2.45. The van der Waals surface area contributed by atoms with Crippen molar-refractivity contribution in [3.05, 3.63) is 47.0 Å². The van der Waals surface area contributed by atoms with Gasteiger partial charge in [0.25, 0.3) is 0 Å². The number of fused-ring (bicyclic) bond motifs is 3. The quantitative estimate of drug-likeness (QED) is 0.373. The Morgan fingerprint density at radius 1 is 1.09 bits per heavy atom. The molecular formula is C25H29BClFN6O. The molecule has 2 saturated heterocycles. The number of nitrogens with zero attached hydrogens (tertiary/aromatic N) is 3. The molecule has 182 valence electrons. The molecule has 0 aliphatic carbocycles. The van der Waals surface area contributed by atoms with Gasteiger partial charge in [0.1, 0.15) is 17.2 Å². The van der Waals surface area contributed by atoms with E-state index in [-0.39, 0.29) is 10.5 Å². The van der Waals surface area contributed by atoms with Crippen LogP contribution in [0, 0.1) is 12.7 Å². The smallest absolute Gasteiger partial charge is 0.323 e. The van der Waals surface area contributed by atoms with E-state index in [0.717, 1.165) is 18.7 Å². The van der Waals surface area contributed by atoms with E-state index in [1.54, 1.807) is 12.3 Å². The van der Waals surface area contributed by atoms with Gasteiger partial charge < -0.3 is 16.0 Å². The number of pyridine rings is 1. The highest BCUT2D eigenvalue weighted by Crippen LogP contribution is 2.49. The molecule has 0 saturated carbocycles. The van der Waals surface area contributed by atoms with Gasteiger partial charge in [0.2, 0.25) is 0 Å². The van der Waals surface area contributed by atoms with E-state index in [2.05, 4.69) is 32.8 Å². The topological polar surface area (TPSA) is 91.8 Å². The number of anilines is 3. The Balaban J connectivity index is 1.33. The fourth-order valence-electron chi connectivity index (χ4n) is 5.81. The van der Waals surface area contributed by atoms with Crippen LogP contribution in [0.5, 0.6) is 0 Å². The van der Waals surface area contributed by atoms with Gasteiger partial charge in [-0.25, -0.2) is 24.1 Å². The van der Waals surface area contributed by atoms with Gasteiger partial charge in [-0.2, -0.15) is 0 Å². The first-order valence-corrected chi connectivity index (χ1v) is 12.6. The zero-order valence-corrected chi connectivity index (χ0v) is 20.8. The Labute approximate surface area is 209 Å². The number of urea groups is 1. The number of nitrogens with one attached hydrogen (secondary N) is 3. The van der Waals surface area contributed by atoms with Gasteiger partial charge >= 0.3 is 6.03 Å². The lowest BCUT2D eigenvalue weighted by Gasteiger charge is -2.44. The van der Waals surface area contributed by atoms with Crippen LogP contribution in [0.3, 0.4) is 0 Å². The monoisotopic (exact) mass is 494 g/mol. The predicted octanol–water partition coefficient (Wildman–Crippen LogP) is 6.25. The minimum atomic E-state index is -0.546. The Morgan fingerprint density at radius 3 is 2.69 bits per heavy atom. The highest BCUT2D eigenvalue weighted by molar-refractivity contribution is 6.45. The first-order valence-electron chi connectivity index (χ1n) is 12.2. The third kappa shape index (κ3) is 5.20. The maximum atomic E-state index is 13.4. The molecule has 2 amide bonds. The summed E-state index contributed by atoms with van der Waals surface area (Å²) in [6.07, 6.45) is 10.5. The van der Waals surface area contributed by atoms with Crippen molar-refractivity contribution in [1.29, 1.82) is 0 Å². The lowest BCUT2D eigenvalue weighted by molar-refractivity contribution is 0.262. The summed E-state index contributed by atoms with van der Waals surface area (Å²) < 4.78 is 13.4. The van der Waals surface area contributed by atoms with Crippen molar-refractivity contribution in [2.75, 3.05) is 16.0 Å². The first kappa shape index (κ1) is 23.8. The number of aromatic nitrogens is 3. The number of hydrogen-bond acceptors (Lipinski definition) is 5. The molecule has 4 heterocycles. The molecule has 0 spiro atoms. The van der Waals surface area contributed by atoms with Gasteiger partial charge in [0.05, 0.1) is 22.6 Å². The third-order valence-electron chi connectivity index (χ3n) is 7.43. The van der Waals surface area contributed by atoms with Crippen LogP contribution in [-0.4, -0.2) is 33.7 Å². The Hall–Kier alpha value is -2.94. The maximum Gasteiger partial charge on any atom is 0.323 e. The summed E-state index contributed by atoms with van der Waals surface area (Å²) in [5.41, 5.74) is 2.72. The van der Waals surface area contributed by atoms with Crippen LogP contribution >= 0.6 is 11.6 Å². The standard InChI is InChI=1S/C25H29BClFN6O/c1-15-19(32-23(35)31-16-6-7-18(28)17(27)12-16)13-20-22(30-15)33-21(14-29-20)34-25-10-4-3-8-24(2,26-25)9-5-11-25/h6-7,12-14,26H,3-5,8-11H2,1-2H3,(H,30,33,34)(H2,31,32,35). The second kappa shape index (κ2) is 9.26. The van der Waals surface area contributed by atoms with Crippen LogP contribution < -0.4 is 16.0 Å². The normalized spacial score (nSPS) is 23.8. The molecule has 10 heteroatoms. The van der Waals surface area contributed by atoms with Gasteiger partial charge in [0, 0.05) is 11.1 Å². The van der Waals surface area contributed by atoms with Crippen LogP contribution in [0.25, 0.3) is 11.2 Å². The minimum absolute atomic E-state index is 0.0627. The summed E-state index contributed by atoms with van der Waals surface area (Å²) in [6, 6.07) is 5.26. The van der Waals surface area contributed by atoms with Crippen molar-refractivity contribution in [2.24, 2.45) is 0 Å². The molecule has 7 nitrogen and oxygen atoms in total. The van der Waals surface area contributed by atoms with E-state index in [1.807, 2.05) is 6.92 Å². The number of carbonyl (C=O) groups is 1. The van der Waals surface area contributed by atoms with Crippen molar-refractivity contribution < 1.29 is 9.18 Å². The lowest BCUT2D eigenvalue weighted by Crippen LogP contribution is -2.50. The van der Waals surface area contributed by atoms with Gasteiger partial charge in [-0.15, -0.1) is 0 Å². The Kier molecular flexibility index (Phi) is 6.29. The summed E-state index contributed by atoms with van der Waals surface area (Å²) >= 11 is 5.79. The molecule has 0 radical (unpaired) electrons. The molecule has 2 fully saturated rings. The average Bonchev–Trinajstić information content (AvgIpc) is 2.91. The van der Waals surface area contributed by atoms with Gasteiger partial charge in [-0.05, 0) is 44.0 Å².